The number of aromatic nitrogens is 2. The normalized spacial score (nSPS) is 22.1. The van der Waals surface area contributed by atoms with Crippen LogP contribution in [0, 0.1) is 6.92 Å². The van der Waals surface area contributed by atoms with Gasteiger partial charge in [0.05, 0.1) is 29.5 Å². The van der Waals surface area contributed by atoms with Gasteiger partial charge in [0.1, 0.15) is 0 Å². The first-order chi connectivity index (χ1) is 10.2. The summed E-state index contributed by atoms with van der Waals surface area (Å²) in [7, 11) is 0. The molecule has 0 aliphatic carbocycles. The minimum absolute atomic E-state index is 0. The Morgan fingerprint density at radius 3 is 3.09 bits per heavy atom. The van der Waals surface area contributed by atoms with Crippen LogP contribution in [0.25, 0.3) is 11.0 Å². The number of aliphatic hydroxyl groups excluding tert-OH is 1. The number of nitrogens with zero attached hydrogens (tertiary/aromatic N) is 2. The Morgan fingerprint density at radius 1 is 1.50 bits per heavy atom. The molecule has 0 saturated carbocycles. The van der Waals surface area contributed by atoms with E-state index in [0.717, 1.165) is 47.6 Å². The molecule has 2 N–H and O–H groups in total. The molecule has 0 radical (unpaired) electrons. The van der Waals surface area contributed by atoms with Crippen LogP contribution >= 0.6 is 24.0 Å². The van der Waals surface area contributed by atoms with Gasteiger partial charge in [-0.1, -0.05) is 23.8 Å². The first kappa shape index (κ1) is 17.3. The Labute approximate surface area is 141 Å². The third-order valence-corrected chi connectivity index (χ3v) is 4.51. The van der Waals surface area contributed by atoms with E-state index in [4.69, 9.17) is 11.6 Å². The molecule has 3 rings (SSSR count). The molecule has 2 heterocycles. The molecule has 6 heteroatoms. The van der Waals surface area contributed by atoms with Crippen molar-refractivity contribution in [2.45, 2.75) is 38.5 Å². The lowest BCUT2D eigenvalue weighted by Gasteiger charge is -2.26. The summed E-state index contributed by atoms with van der Waals surface area (Å²) in [6.07, 6.45) is 7.60. The van der Waals surface area contributed by atoms with Gasteiger partial charge in [-0.15, -0.1) is 12.4 Å². The topological polar surface area (TPSA) is 50.1 Å². The smallest absolute Gasteiger partial charge is 0.0961 e. The Hall–Kier alpha value is -1.07. The van der Waals surface area contributed by atoms with Crippen molar-refractivity contribution in [1.29, 1.82) is 0 Å². The molecule has 0 spiro atoms. The van der Waals surface area contributed by atoms with Crippen LogP contribution in [0.3, 0.4) is 0 Å². The molecule has 1 aromatic carbocycles. The average molecular weight is 342 g/mol. The Bertz CT molecular complexity index is 669. The Balaban J connectivity index is 0.00000176. The number of rotatable bonds is 3. The molecule has 120 valence electrons. The molecule has 4 nitrogen and oxygen atoms in total. The molecule has 0 bridgehead atoms. The van der Waals surface area contributed by atoms with Crippen molar-refractivity contribution < 1.29 is 5.11 Å². The largest absolute Gasteiger partial charge is 0.391 e. The summed E-state index contributed by atoms with van der Waals surface area (Å²) in [5.74, 6) is 0. The third-order valence-electron chi connectivity index (χ3n) is 4.10. The van der Waals surface area contributed by atoms with Gasteiger partial charge in [-0.3, -0.25) is 0 Å². The number of benzene rings is 1. The maximum Gasteiger partial charge on any atom is 0.0961 e. The number of hydrogen-bond acceptors (Lipinski definition) is 3. The number of allylic oxidation sites excluding steroid dienone is 1. The molecule has 0 amide bonds. The number of hydrogen-bond donors (Lipinski definition) is 2. The second kappa shape index (κ2) is 7.47. The minimum atomic E-state index is -0.282. The minimum Gasteiger partial charge on any atom is -0.391 e. The highest BCUT2D eigenvalue weighted by Crippen LogP contribution is 2.24. The number of halogens is 2. The highest BCUT2D eigenvalue weighted by atomic mass is 35.5. The van der Waals surface area contributed by atoms with E-state index in [1.807, 2.05) is 25.4 Å². The predicted octanol–water partition coefficient (Wildman–Crippen LogP) is 3.09. The first-order valence-electron chi connectivity index (χ1n) is 7.35. The zero-order chi connectivity index (χ0) is 14.8. The molecule has 1 fully saturated rings. The molecule has 0 unspecified atom stereocenters. The second-order valence-corrected chi connectivity index (χ2v) is 5.96. The van der Waals surface area contributed by atoms with E-state index in [1.165, 1.54) is 0 Å². The first-order valence-corrected chi connectivity index (χ1v) is 7.72. The molecular weight excluding hydrogens is 321 g/mol. The maximum atomic E-state index is 9.92. The Kier molecular flexibility index (Phi) is 5.87. The molecule has 22 heavy (non-hydrogen) atoms. The van der Waals surface area contributed by atoms with Gasteiger partial charge in [-0.25, -0.2) is 4.98 Å². The van der Waals surface area contributed by atoms with Crippen molar-refractivity contribution in [2.75, 3.05) is 6.54 Å². The average Bonchev–Trinajstić information content (AvgIpc) is 2.89. The van der Waals surface area contributed by atoms with E-state index in [1.54, 1.807) is 0 Å². The maximum absolute atomic E-state index is 9.92. The van der Waals surface area contributed by atoms with E-state index in [-0.39, 0.29) is 24.6 Å². The number of aryl methyl sites for hydroxylation is 1. The molecule has 1 aliphatic rings. The van der Waals surface area contributed by atoms with E-state index in [2.05, 4.69) is 27.0 Å². The van der Waals surface area contributed by atoms with Crippen molar-refractivity contribution in [2.24, 2.45) is 0 Å². The lowest BCUT2D eigenvalue weighted by molar-refractivity contribution is 0.115. The highest BCUT2D eigenvalue weighted by Gasteiger charge is 2.19. The summed E-state index contributed by atoms with van der Waals surface area (Å²) in [6.45, 7) is 3.69. The molecule has 2 atom stereocenters. The van der Waals surface area contributed by atoms with Gasteiger partial charge < -0.3 is 15.0 Å². The number of piperidine rings is 1. The van der Waals surface area contributed by atoms with Gasteiger partial charge in [0, 0.05) is 11.6 Å². The fourth-order valence-corrected chi connectivity index (χ4v) is 2.96. The number of fused-ring (bicyclic) bond motifs is 1. The zero-order valence-electron chi connectivity index (χ0n) is 12.5. The van der Waals surface area contributed by atoms with Crippen molar-refractivity contribution in [1.82, 2.24) is 14.9 Å². The van der Waals surface area contributed by atoms with Crippen molar-refractivity contribution in [3.8, 4) is 0 Å². The highest BCUT2D eigenvalue weighted by molar-refractivity contribution is 6.32. The van der Waals surface area contributed by atoms with Crippen LogP contribution in [0.2, 0.25) is 5.02 Å². The lowest BCUT2D eigenvalue weighted by Crippen LogP contribution is -2.43. The summed E-state index contributed by atoms with van der Waals surface area (Å²) in [5, 5.41) is 14.0. The molecule has 1 saturated heterocycles. The number of nitrogens with one attached hydrogen (secondary N) is 1. The standard InChI is InChI=1S/C16H20ClN3O.ClH/c1-11-12(17)6-7-14-16(11)19-10-20(14)9-3-4-13-15(21)5-2-8-18-13;/h3-4,6-7,10,13,15,18,21H,2,5,8-9H2,1H3;1H/b4-3+;/t13-,15+;/m1./s1. The number of imidazole rings is 1. The van der Waals surface area contributed by atoms with Gasteiger partial charge in [0.2, 0.25) is 0 Å². The third kappa shape index (κ3) is 3.46. The molecule has 1 aliphatic heterocycles. The summed E-state index contributed by atoms with van der Waals surface area (Å²) in [5.41, 5.74) is 3.05. The van der Waals surface area contributed by atoms with Crippen molar-refractivity contribution in [3.05, 3.63) is 41.2 Å². The predicted molar refractivity (Wildman–Crippen MR) is 92.9 cm³/mol. The summed E-state index contributed by atoms with van der Waals surface area (Å²) < 4.78 is 2.09. The van der Waals surface area contributed by atoms with Crippen LogP contribution in [0.5, 0.6) is 0 Å². The summed E-state index contributed by atoms with van der Waals surface area (Å²) in [4.78, 5) is 4.44. The van der Waals surface area contributed by atoms with Crippen LogP contribution in [-0.4, -0.2) is 33.3 Å². The number of aliphatic hydroxyl groups is 1. The zero-order valence-corrected chi connectivity index (χ0v) is 14.1. The fourth-order valence-electron chi connectivity index (χ4n) is 2.80. The molecular formula is C16H21Cl2N3O. The monoisotopic (exact) mass is 341 g/mol. The molecule has 1 aromatic heterocycles. The van der Waals surface area contributed by atoms with Crippen LogP contribution < -0.4 is 5.32 Å². The van der Waals surface area contributed by atoms with Crippen LogP contribution in [0.15, 0.2) is 30.6 Å². The summed E-state index contributed by atoms with van der Waals surface area (Å²) >= 11 is 6.12. The lowest BCUT2D eigenvalue weighted by atomic mass is 10.0. The van der Waals surface area contributed by atoms with Gasteiger partial charge in [0.25, 0.3) is 0 Å². The van der Waals surface area contributed by atoms with E-state index >= 15 is 0 Å². The van der Waals surface area contributed by atoms with Crippen molar-refractivity contribution in [3.63, 3.8) is 0 Å². The Morgan fingerprint density at radius 2 is 2.32 bits per heavy atom. The van der Waals surface area contributed by atoms with Gasteiger partial charge >= 0.3 is 0 Å². The van der Waals surface area contributed by atoms with Gasteiger partial charge in [-0.05, 0) is 44.0 Å². The van der Waals surface area contributed by atoms with E-state index in [0.29, 0.717) is 0 Å². The fraction of sp³-hybridized carbons (Fsp3) is 0.438. The van der Waals surface area contributed by atoms with Gasteiger partial charge in [0.15, 0.2) is 0 Å². The SMILES string of the molecule is Cc1c(Cl)ccc2c1ncn2C/C=C/[C@H]1NCCC[C@@H]1O.Cl. The van der Waals surface area contributed by atoms with Gasteiger partial charge in [-0.2, -0.15) is 0 Å². The summed E-state index contributed by atoms with van der Waals surface area (Å²) in [6, 6.07) is 3.97. The van der Waals surface area contributed by atoms with Crippen LogP contribution in [0.1, 0.15) is 18.4 Å². The van der Waals surface area contributed by atoms with Crippen LogP contribution in [0.4, 0.5) is 0 Å². The van der Waals surface area contributed by atoms with E-state index < -0.39 is 0 Å². The second-order valence-electron chi connectivity index (χ2n) is 5.55. The van der Waals surface area contributed by atoms with Crippen molar-refractivity contribution >= 4 is 35.0 Å². The van der Waals surface area contributed by atoms with Crippen LogP contribution in [-0.2, 0) is 6.54 Å². The van der Waals surface area contributed by atoms with E-state index in [9.17, 15) is 5.11 Å². The quantitative estimate of drug-likeness (QED) is 0.843. The molecule has 2 aromatic rings.